The molecule has 24 heavy (non-hydrogen) atoms. The lowest BCUT2D eigenvalue weighted by Crippen LogP contribution is -2.49. The van der Waals surface area contributed by atoms with E-state index >= 15 is 0 Å². The SMILES string of the molecule is Cc1noc(C)c1S(=O)(=O)N1CCCC(N(C)CCCN(C)C)C1. The van der Waals surface area contributed by atoms with Gasteiger partial charge in [-0.3, -0.25) is 0 Å². The van der Waals surface area contributed by atoms with Crippen molar-refractivity contribution in [1.29, 1.82) is 0 Å². The van der Waals surface area contributed by atoms with Gasteiger partial charge in [0.05, 0.1) is 0 Å². The molecule has 0 saturated carbocycles. The van der Waals surface area contributed by atoms with Gasteiger partial charge in [0.1, 0.15) is 10.6 Å². The van der Waals surface area contributed by atoms with Crippen LogP contribution >= 0.6 is 0 Å². The second-order valence-corrected chi connectivity index (χ2v) is 8.82. The van der Waals surface area contributed by atoms with Crippen LogP contribution in [0.3, 0.4) is 0 Å². The largest absolute Gasteiger partial charge is 0.360 e. The van der Waals surface area contributed by atoms with E-state index in [-0.39, 0.29) is 10.9 Å². The van der Waals surface area contributed by atoms with Gasteiger partial charge >= 0.3 is 0 Å². The molecule has 0 spiro atoms. The first-order valence-electron chi connectivity index (χ1n) is 8.51. The fourth-order valence-electron chi connectivity index (χ4n) is 3.29. The van der Waals surface area contributed by atoms with Crippen LogP contribution in [0.25, 0.3) is 0 Å². The van der Waals surface area contributed by atoms with Crippen molar-refractivity contribution in [3.8, 4) is 0 Å². The Bertz CT molecular complexity index is 622. The number of piperidine rings is 1. The minimum Gasteiger partial charge on any atom is -0.360 e. The molecule has 138 valence electrons. The van der Waals surface area contributed by atoms with Crippen LogP contribution in [0.2, 0.25) is 0 Å². The van der Waals surface area contributed by atoms with Crippen molar-refractivity contribution in [2.24, 2.45) is 0 Å². The zero-order chi connectivity index (χ0) is 17.9. The Labute approximate surface area is 145 Å². The normalized spacial score (nSPS) is 20.2. The summed E-state index contributed by atoms with van der Waals surface area (Å²) in [4.78, 5) is 4.69. The molecule has 1 atom stereocenters. The van der Waals surface area contributed by atoms with Gasteiger partial charge in [-0.15, -0.1) is 0 Å². The van der Waals surface area contributed by atoms with E-state index in [2.05, 4.69) is 36.1 Å². The Morgan fingerprint density at radius 3 is 2.54 bits per heavy atom. The van der Waals surface area contributed by atoms with E-state index in [1.807, 2.05) is 0 Å². The number of aromatic nitrogens is 1. The molecular formula is C16H30N4O3S. The number of aryl methyl sites for hydroxylation is 2. The number of sulfonamides is 1. The lowest BCUT2D eigenvalue weighted by atomic mass is 10.1. The smallest absolute Gasteiger partial charge is 0.248 e. The second kappa shape index (κ2) is 7.95. The summed E-state index contributed by atoms with van der Waals surface area (Å²) in [5.41, 5.74) is 0.439. The molecular weight excluding hydrogens is 328 g/mol. The van der Waals surface area contributed by atoms with Crippen LogP contribution in [0.5, 0.6) is 0 Å². The third-order valence-electron chi connectivity index (χ3n) is 4.66. The van der Waals surface area contributed by atoms with Gasteiger partial charge in [0.2, 0.25) is 10.0 Å². The minimum absolute atomic E-state index is 0.235. The van der Waals surface area contributed by atoms with Crippen LogP contribution < -0.4 is 0 Å². The van der Waals surface area contributed by atoms with Crippen LogP contribution in [0.15, 0.2) is 9.42 Å². The first kappa shape index (κ1) is 19.4. The van der Waals surface area contributed by atoms with Gasteiger partial charge in [-0.25, -0.2) is 8.42 Å². The molecule has 1 unspecified atom stereocenters. The molecule has 0 aromatic carbocycles. The molecule has 1 aromatic rings. The lowest BCUT2D eigenvalue weighted by Gasteiger charge is -2.37. The zero-order valence-electron chi connectivity index (χ0n) is 15.4. The topological polar surface area (TPSA) is 69.9 Å². The summed E-state index contributed by atoms with van der Waals surface area (Å²) in [7, 11) is 2.69. The molecule has 1 fully saturated rings. The predicted octanol–water partition coefficient (Wildman–Crippen LogP) is 1.33. The molecule has 1 aliphatic rings. The molecule has 1 saturated heterocycles. The summed E-state index contributed by atoms with van der Waals surface area (Å²) in [6.45, 7) is 6.44. The summed E-state index contributed by atoms with van der Waals surface area (Å²) >= 11 is 0. The third kappa shape index (κ3) is 4.36. The van der Waals surface area contributed by atoms with Crippen LogP contribution in [0, 0.1) is 13.8 Å². The Morgan fingerprint density at radius 2 is 1.96 bits per heavy atom. The molecule has 0 bridgehead atoms. The number of likely N-dealkylation sites (N-methyl/N-ethyl adjacent to an activating group) is 1. The van der Waals surface area contributed by atoms with E-state index in [1.165, 1.54) is 0 Å². The Hall–Kier alpha value is -0.960. The van der Waals surface area contributed by atoms with Crippen LogP contribution in [0.1, 0.15) is 30.7 Å². The van der Waals surface area contributed by atoms with Gasteiger partial charge in [0.15, 0.2) is 5.76 Å². The molecule has 7 nitrogen and oxygen atoms in total. The van der Waals surface area contributed by atoms with E-state index in [0.717, 1.165) is 32.4 Å². The van der Waals surface area contributed by atoms with E-state index < -0.39 is 10.0 Å². The van der Waals surface area contributed by atoms with Crippen molar-refractivity contribution >= 4 is 10.0 Å². The number of rotatable bonds is 7. The highest BCUT2D eigenvalue weighted by atomic mass is 32.2. The summed E-state index contributed by atoms with van der Waals surface area (Å²) < 4.78 is 32.6. The number of hydrogen-bond donors (Lipinski definition) is 0. The van der Waals surface area contributed by atoms with Crippen molar-refractivity contribution in [2.75, 3.05) is 47.3 Å². The van der Waals surface area contributed by atoms with Gasteiger partial charge in [-0.2, -0.15) is 4.31 Å². The highest BCUT2D eigenvalue weighted by Crippen LogP contribution is 2.27. The van der Waals surface area contributed by atoms with Gasteiger partial charge in [-0.1, -0.05) is 5.16 Å². The minimum atomic E-state index is -3.54. The van der Waals surface area contributed by atoms with Crippen molar-refractivity contribution < 1.29 is 12.9 Å². The summed E-state index contributed by atoms with van der Waals surface area (Å²) in [6, 6.07) is 0.260. The molecule has 0 amide bonds. The summed E-state index contributed by atoms with van der Waals surface area (Å²) in [5, 5.41) is 3.79. The van der Waals surface area contributed by atoms with Crippen molar-refractivity contribution in [1.82, 2.24) is 19.3 Å². The van der Waals surface area contributed by atoms with E-state index in [4.69, 9.17) is 4.52 Å². The number of hydrogen-bond acceptors (Lipinski definition) is 6. The average Bonchev–Trinajstić information content (AvgIpc) is 2.86. The average molecular weight is 359 g/mol. The maximum atomic E-state index is 13.0. The summed E-state index contributed by atoms with van der Waals surface area (Å²) in [6.07, 6.45) is 2.99. The van der Waals surface area contributed by atoms with Crippen LogP contribution in [-0.2, 0) is 10.0 Å². The first-order chi connectivity index (χ1) is 11.2. The predicted molar refractivity (Wildman–Crippen MR) is 93.6 cm³/mol. The van der Waals surface area contributed by atoms with E-state index in [1.54, 1.807) is 18.2 Å². The zero-order valence-corrected chi connectivity index (χ0v) is 16.3. The third-order valence-corrected chi connectivity index (χ3v) is 6.77. The fourth-order valence-corrected chi connectivity index (χ4v) is 5.10. The van der Waals surface area contributed by atoms with Gasteiger partial charge in [0.25, 0.3) is 0 Å². The monoisotopic (exact) mass is 358 g/mol. The molecule has 1 aliphatic heterocycles. The van der Waals surface area contributed by atoms with Crippen molar-refractivity contribution in [2.45, 2.75) is 44.0 Å². The molecule has 0 aliphatic carbocycles. The van der Waals surface area contributed by atoms with Gasteiger partial charge in [0, 0.05) is 19.1 Å². The first-order valence-corrected chi connectivity index (χ1v) is 9.95. The Kier molecular flexibility index (Phi) is 6.41. The highest BCUT2D eigenvalue weighted by Gasteiger charge is 2.35. The molecule has 0 N–H and O–H groups in total. The van der Waals surface area contributed by atoms with Crippen molar-refractivity contribution in [3.63, 3.8) is 0 Å². The maximum absolute atomic E-state index is 13.0. The standard InChI is InChI=1S/C16H30N4O3S/c1-13-16(14(2)23-17-13)24(21,22)20-11-6-8-15(12-20)19(5)10-7-9-18(3)4/h15H,6-12H2,1-5H3. The molecule has 2 rings (SSSR count). The molecule has 2 heterocycles. The quantitative estimate of drug-likeness (QED) is 0.732. The van der Waals surface area contributed by atoms with Gasteiger partial charge < -0.3 is 14.3 Å². The van der Waals surface area contributed by atoms with Crippen LogP contribution in [0.4, 0.5) is 0 Å². The van der Waals surface area contributed by atoms with E-state index in [9.17, 15) is 8.42 Å². The molecule has 0 radical (unpaired) electrons. The van der Waals surface area contributed by atoms with Crippen LogP contribution in [-0.4, -0.2) is 81.0 Å². The molecule has 8 heteroatoms. The summed E-state index contributed by atoms with van der Waals surface area (Å²) in [5.74, 6) is 0.369. The second-order valence-electron chi connectivity index (χ2n) is 6.95. The Balaban J connectivity index is 2.05. The lowest BCUT2D eigenvalue weighted by molar-refractivity contribution is 0.158. The van der Waals surface area contributed by atoms with E-state index in [0.29, 0.717) is 24.5 Å². The Morgan fingerprint density at radius 1 is 1.25 bits per heavy atom. The highest BCUT2D eigenvalue weighted by molar-refractivity contribution is 7.89. The fraction of sp³-hybridized carbons (Fsp3) is 0.812. The van der Waals surface area contributed by atoms with Crippen molar-refractivity contribution in [3.05, 3.63) is 11.5 Å². The molecule has 1 aromatic heterocycles. The van der Waals surface area contributed by atoms with Gasteiger partial charge in [-0.05, 0) is 67.3 Å². The maximum Gasteiger partial charge on any atom is 0.248 e. The number of nitrogens with zero attached hydrogens (tertiary/aromatic N) is 4.